The molecule has 0 fully saturated rings. The summed E-state index contributed by atoms with van der Waals surface area (Å²) >= 11 is 0. The average molecular weight is 226 g/mol. The van der Waals surface area contributed by atoms with Gasteiger partial charge in [0.15, 0.2) is 0 Å². The Morgan fingerprint density at radius 1 is 1.44 bits per heavy atom. The van der Waals surface area contributed by atoms with E-state index in [2.05, 4.69) is 5.32 Å². The number of aliphatic carboxylic acids is 1. The second-order valence-corrected chi connectivity index (χ2v) is 4.31. The Morgan fingerprint density at radius 3 is 2.56 bits per heavy atom. The number of nitrogens with one attached hydrogen (secondary N) is 1. The Morgan fingerprint density at radius 2 is 2.06 bits per heavy atom. The molecule has 0 aromatic carbocycles. The van der Waals surface area contributed by atoms with Crippen molar-refractivity contribution in [2.24, 2.45) is 11.1 Å². The highest BCUT2D eigenvalue weighted by Gasteiger charge is 2.36. The van der Waals surface area contributed by atoms with Gasteiger partial charge in [0, 0.05) is 6.54 Å². The Balaban J connectivity index is 2.00. The zero-order valence-corrected chi connectivity index (χ0v) is 9.40. The van der Waals surface area contributed by atoms with Crippen molar-refractivity contribution in [3.8, 4) is 0 Å². The molecule has 4 N–H and O–H groups in total. The zero-order valence-electron chi connectivity index (χ0n) is 9.40. The van der Waals surface area contributed by atoms with Gasteiger partial charge in [-0.1, -0.05) is 12.2 Å². The molecule has 0 saturated heterocycles. The predicted octanol–water partition coefficient (Wildman–Crippen LogP) is 0.261. The van der Waals surface area contributed by atoms with E-state index in [1.54, 1.807) is 0 Å². The molecule has 0 saturated carbocycles. The van der Waals surface area contributed by atoms with E-state index in [0.717, 1.165) is 6.42 Å². The SMILES string of the molecule is CC1(C(=O)NCCCC[C@H](N)C(=O)O)C=C1. The van der Waals surface area contributed by atoms with Gasteiger partial charge in [0.05, 0.1) is 5.41 Å². The number of carbonyl (C=O) groups is 2. The first-order valence-corrected chi connectivity index (χ1v) is 5.43. The molecular formula is C11H18N2O3. The predicted molar refractivity (Wildman–Crippen MR) is 59.7 cm³/mol. The maximum Gasteiger partial charge on any atom is 0.320 e. The topological polar surface area (TPSA) is 92.4 Å². The third kappa shape index (κ3) is 3.66. The Hall–Kier alpha value is -1.36. The van der Waals surface area contributed by atoms with Gasteiger partial charge in [0.2, 0.25) is 5.91 Å². The third-order valence-electron chi connectivity index (χ3n) is 2.70. The molecule has 90 valence electrons. The van der Waals surface area contributed by atoms with Crippen LogP contribution in [0.4, 0.5) is 0 Å². The second kappa shape index (κ2) is 5.12. The standard InChI is InChI=1S/C11H18N2O3/c1-11(5-6-11)10(16)13-7-3-2-4-8(12)9(14)15/h5-6,8H,2-4,7,12H2,1H3,(H,13,16)(H,14,15)/t8-/m0/s1. The van der Waals surface area contributed by atoms with Crippen molar-refractivity contribution in [3.05, 3.63) is 12.2 Å². The summed E-state index contributed by atoms with van der Waals surface area (Å²) in [5.74, 6) is -0.964. The van der Waals surface area contributed by atoms with Crippen molar-refractivity contribution in [2.75, 3.05) is 6.54 Å². The number of nitrogens with two attached hydrogens (primary N) is 1. The largest absolute Gasteiger partial charge is 0.480 e. The number of rotatable bonds is 7. The number of carbonyl (C=O) groups excluding carboxylic acids is 1. The van der Waals surface area contributed by atoms with Gasteiger partial charge in [-0.15, -0.1) is 0 Å². The molecule has 1 atom stereocenters. The van der Waals surface area contributed by atoms with Crippen LogP contribution < -0.4 is 11.1 Å². The number of unbranched alkanes of at least 4 members (excludes halogenated alkanes) is 1. The molecule has 1 rings (SSSR count). The van der Waals surface area contributed by atoms with Crippen LogP contribution in [0.25, 0.3) is 0 Å². The smallest absolute Gasteiger partial charge is 0.320 e. The molecule has 0 bridgehead atoms. The van der Waals surface area contributed by atoms with Crippen molar-refractivity contribution in [1.29, 1.82) is 0 Å². The molecule has 16 heavy (non-hydrogen) atoms. The molecule has 0 spiro atoms. The van der Waals surface area contributed by atoms with Gasteiger partial charge in [-0.25, -0.2) is 0 Å². The van der Waals surface area contributed by atoms with E-state index < -0.39 is 12.0 Å². The van der Waals surface area contributed by atoms with Crippen LogP contribution in [0.15, 0.2) is 12.2 Å². The van der Waals surface area contributed by atoms with Crippen LogP contribution in [0.1, 0.15) is 26.2 Å². The van der Waals surface area contributed by atoms with E-state index in [0.29, 0.717) is 19.4 Å². The molecule has 0 radical (unpaired) electrons. The van der Waals surface area contributed by atoms with Crippen molar-refractivity contribution in [1.82, 2.24) is 5.32 Å². The molecule has 0 aromatic heterocycles. The fourth-order valence-electron chi connectivity index (χ4n) is 1.28. The van der Waals surface area contributed by atoms with E-state index in [4.69, 9.17) is 10.8 Å². The van der Waals surface area contributed by atoms with Crippen LogP contribution >= 0.6 is 0 Å². The highest BCUT2D eigenvalue weighted by molar-refractivity contribution is 5.90. The number of amides is 1. The van der Waals surface area contributed by atoms with E-state index >= 15 is 0 Å². The lowest BCUT2D eigenvalue weighted by molar-refractivity contribution is -0.138. The number of hydrogen-bond donors (Lipinski definition) is 3. The molecule has 0 heterocycles. The minimum Gasteiger partial charge on any atom is -0.480 e. The summed E-state index contributed by atoms with van der Waals surface area (Å²) in [5.41, 5.74) is 4.96. The minimum absolute atomic E-state index is 0.00929. The summed E-state index contributed by atoms with van der Waals surface area (Å²) in [6.45, 7) is 2.42. The van der Waals surface area contributed by atoms with Crippen molar-refractivity contribution < 1.29 is 14.7 Å². The lowest BCUT2D eigenvalue weighted by Crippen LogP contribution is -2.32. The lowest BCUT2D eigenvalue weighted by Gasteiger charge is -2.10. The Labute approximate surface area is 94.7 Å². The van der Waals surface area contributed by atoms with Crippen LogP contribution in [-0.4, -0.2) is 29.6 Å². The molecule has 0 aromatic rings. The zero-order chi connectivity index (χ0) is 12.2. The molecule has 5 heteroatoms. The van der Waals surface area contributed by atoms with E-state index in [1.165, 1.54) is 0 Å². The first kappa shape index (κ1) is 12.7. The molecule has 1 aliphatic rings. The first-order valence-electron chi connectivity index (χ1n) is 5.43. The Kier molecular flexibility index (Phi) is 4.06. The summed E-state index contributed by atoms with van der Waals surface area (Å²) in [4.78, 5) is 21.8. The summed E-state index contributed by atoms with van der Waals surface area (Å²) in [5, 5.41) is 11.3. The quantitative estimate of drug-likeness (QED) is 0.429. The molecule has 0 aliphatic heterocycles. The maximum absolute atomic E-state index is 11.4. The summed E-state index contributed by atoms with van der Waals surface area (Å²) in [6, 6.07) is -0.793. The lowest BCUT2D eigenvalue weighted by atomic mass is 10.1. The highest BCUT2D eigenvalue weighted by atomic mass is 16.4. The number of hydrogen-bond acceptors (Lipinski definition) is 3. The van der Waals surface area contributed by atoms with E-state index in [9.17, 15) is 9.59 Å². The molecular weight excluding hydrogens is 208 g/mol. The molecule has 0 unspecified atom stereocenters. The van der Waals surface area contributed by atoms with Crippen LogP contribution in [0, 0.1) is 5.41 Å². The monoisotopic (exact) mass is 226 g/mol. The van der Waals surface area contributed by atoms with Gasteiger partial charge in [-0.3, -0.25) is 9.59 Å². The maximum atomic E-state index is 11.4. The second-order valence-electron chi connectivity index (χ2n) is 4.31. The van der Waals surface area contributed by atoms with Gasteiger partial charge in [-0.2, -0.15) is 0 Å². The van der Waals surface area contributed by atoms with Gasteiger partial charge < -0.3 is 16.2 Å². The average Bonchev–Trinajstić information content (AvgIpc) is 2.96. The minimum atomic E-state index is -0.973. The Bertz CT molecular complexity index is 306. The van der Waals surface area contributed by atoms with Crippen LogP contribution in [0.5, 0.6) is 0 Å². The van der Waals surface area contributed by atoms with Crippen LogP contribution in [-0.2, 0) is 9.59 Å². The number of carboxylic acids is 1. The molecule has 1 amide bonds. The van der Waals surface area contributed by atoms with Crippen LogP contribution in [0.2, 0.25) is 0 Å². The fraction of sp³-hybridized carbons (Fsp3) is 0.636. The summed E-state index contributed by atoms with van der Waals surface area (Å²) in [7, 11) is 0. The van der Waals surface area contributed by atoms with Gasteiger partial charge in [0.1, 0.15) is 6.04 Å². The molecule has 5 nitrogen and oxygen atoms in total. The van der Waals surface area contributed by atoms with Crippen LogP contribution in [0.3, 0.4) is 0 Å². The van der Waals surface area contributed by atoms with Gasteiger partial charge in [0.25, 0.3) is 0 Å². The first-order chi connectivity index (χ1) is 7.46. The van der Waals surface area contributed by atoms with E-state index in [1.807, 2.05) is 19.1 Å². The fourth-order valence-corrected chi connectivity index (χ4v) is 1.28. The van der Waals surface area contributed by atoms with Crippen molar-refractivity contribution in [2.45, 2.75) is 32.2 Å². The normalized spacial score (nSPS) is 17.9. The van der Waals surface area contributed by atoms with E-state index in [-0.39, 0.29) is 11.3 Å². The van der Waals surface area contributed by atoms with Crippen molar-refractivity contribution in [3.63, 3.8) is 0 Å². The highest BCUT2D eigenvalue weighted by Crippen LogP contribution is 2.33. The van der Waals surface area contributed by atoms with Gasteiger partial charge >= 0.3 is 5.97 Å². The summed E-state index contributed by atoms with van der Waals surface area (Å²) in [6.07, 6.45) is 5.60. The van der Waals surface area contributed by atoms with Gasteiger partial charge in [-0.05, 0) is 26.2 Å². The molecule has 1 aliphatic carbocycles. The third-order valence-corrected chi connectivity index (χ3v) is 2.70. The van der Waals surface area contributed by atoms with Crippen molar-refractivity contribution >= 4 is 11.9 Å². The number of carboxylic acid groups (broad SMARTS) is 1. The summed E-state index contributed by atoms with van der Waals surface area (Å²) < 4.78 is 0.